The predicted molar refractivity (Wildman–Crippen MR) is 86.2 cm³/mol. The van der Waals surface area contributed by atoms with Gasteiger partial charge >= 0.3 is 0 Å². The molecule has 1 aromatic carbocycles. The van der Waals surface area contributed by atoms with Crippen molar-refractivity contribution in [3.63, 3.8) is 0 Å². The van der Waals surface area contributed by atoms with Crippen LogP contribution in [0.2, 0.25) is 5.02 Å². The number of carbonyl (C=O) groups is 1. The average Bonchev–Trinajstić information content (AvgIpc) is 3.18. The zero-order valence-electron chi connectivity index (χ0n) is 11.1. The number of thiocarbonyl (C=S) groups is 1. The Labute approximate surface area is 129 Å². The van der Waals surface area contributed by atoms with Gasteiger partial charge in [0.1, 0.15) is 4.99 Å². The summed E-state index contributed by atoms with van der Waals surface area (Å²) in [5.41, 5.74) is 7.25. The van der Waals surface area contributed by atoms with E-state index in [1.807, 2.05) is 0 Å². The molecule has 0 saturated heterocycles. The lowest BCUT2D eigenvalue weighted by Gasteiger charge is -2.11. The van der Waals surface area contributed by atoms with Crippen LogP contribution in [-0.2, 0) is 4.79 Å². The van der Waals surface area contributed by atoms with Gasteiger partial charge in [0, 0.05) is 35.3 Å². The molecule has 1 aromatic rings. The molecule has 0 aliphatic heterocycles. The number of halogens is 1. The van der Waals surface area contributed by atoms with Crippen LogP contribution in [0.1, 0.15) is 31.2 Å². The summed E-state index contributed by atoms with van der Waals surface area (Å²) in [4.78, 5) is 11.9. The van der Waals surface area contributed by atoms with E-state index in [-0.39, 0.29) is 5.91 Å². The van der Waals surface area contributed by atoms with Gasteiger partial charge < -0.3 is 16.4 Å². The Morgan fingerprint density at radius 1 is 1.45 bits per heavy atom. The fourth-order valence-corrected chi connectivity index (χ4v) is 2.23. The van der Waals surface area contributed by atoms with Crippen LogP contribution in [0.25, 0.3) is 0 Å². The van der Waals surface area contributed by atoms with E-state index in [1.165, 1.54) is 0 Å². The third-order valence-corrected chi connectivity index (χ3v) is 3.54. The molecule has 4 nitrogen and oxygen atoms in total. The van der Waals surface area contributed by atoms with Crippen molar-refractivity contribution in [3.8, 4) is 0 Å². The van der Waals surface area contributed by atoms with Gasteiger partial charge in [0.15, 0.2) is 0 Å². The lowest BCUT2D eigenvalue weighted by atomic mass is 10.1. The van der Waals surface area contributed by atoms with Gasteiger partial charge in [-0.1, -0.05) is 23.8 Å². The SMILES string of the molecule is NC(=S)c1ccc(Cl)cc1NCCCC(=O)NC1CC1. The standard InChI is InChI=1S/C14H18ClN3OS/c15-9-3-6-11(14(16)20)12(8-9)17-7-1-2-13(19)18-10-4-5-10/h3,6,8,10,17H,1-2,4-5,7H2,(H2,16,20)(H,18,19). The summed E-state index contributed by atoms with van der Waals surface area (Å²) in [5, 5.41) is 6.81. The van der Waals surface area contributed by atoms with E-state index in [2.05, 4.69) is 10.6 Å². The minimum atomic E-state index is 0.120. The second-order valence-corrected chi connectivity index (χ2v) is 5.80. The number of hydrogen-bond donors (Lipinski definition) is 3. The van der Waals surface area contributed by atoms with E-state index in [9.17, 15) is 4.79 Å². The quantitative estimate of drug-likeness (QED) is 0.534. The van der Waals surface area contributed by atoms with E-state index in [0.29, 0.717) is 29.0 Å². The van der Waals surface area contributed by atoms with Crippen molar-refractivity contribution in [2.75, 3.05) is 11.9 Å². The number of anilines is 1. The Bertz CT molecular complexity index is 517. The summed E-state index contributed by atoms with van der Waals surface area (Å²) in [6.45, 7) is 0.675. The summed E-state index contributed by atoms with van der Waals surface area (Å²) in [7, 11) is 0. The van der Waals surface area contributed by atoms with E-state index in [1.54, 1.807) is 18.2 Å². The van der Waals surface area contributed by atoms with Gasteiger partial charge in [-0.25, -0.2) is 0 Å². The van der Waals surface area contributed by atoms with Crippen molar-refractivity contribution < 1.29 is 4.79 Å². The Balaban J connectivity index is 1.79. The molecule has 0 heterocycles. The van der Waals surface area contributed by atoms with Crippen LogP contribution >= 0.6 is 23.8 Å². The summed E-state index contributed by atoms with van der Waals surface area (Å²) >= 11 is 11.0. The van der Waals surface area contributed by atoms with Crippen LogP contribution in [0, 0.1) is 0 Å². The van der Waals surface area contributed by atoms with Gasteiger partial charge in [-0.05, 0) is 37.5 Å². The molecule has 1 aliphatic carbocycles. The predicted octanol–water partition coefficient (Wildman–Crippen LogP) is 2.44. The van der Waals surface area contributed by atoms with Gasteiger partial charge in [-0.3, -0.25) is 4.79 Å². The van der Waals surface area contributed by atoms with Crippen molar-refractivity contribution in [2.24, 2.45) is 5.73 Å². The van der Waals surface area contributed by atoms with E-state index in [4.69, 9.17) is 29.6 Å². The molecule has 0 unspecified atom stereocenters. The highest BCUT2D eigenvalue weighted by Crippen LogP contribution is 2.21. The minimum Gasteiger partial charge on any atom is -0.389 e. The van der Waals surface area contributed by atoms with E-state index >= 15 is 0 Å². The van der Waals surface area contributed by atoms with Crippen LogP contribution in [0.4, 0.5) is 5.69 Å². The van der Waals surface area contributed by atoms with Crippen molar-refractivity contribution in [3.05, 3.63) is 28.8 Å². The first kappa shape index (κ1) is 15.1. The molecule has 1 fully saturated rings. The second-order valence-electron chi connectivity index (χ2n) is 4.93. The molecule has 0 atom stereocenters. The number of amides is 1. The lowest BCUT2D eigenvalue weighted by Crippen LogP contribution is -2.25. The average molecular weight is 312 g/mol. The second kappa shape index (κ2) is 6.90. The summed E-state index contributed by atoms with van der Waals surface area (Å²) in [6.07, 6.45) is 3.50. The number of benzene rings is 1. The highest BCUT2D eigenvalue weighted by atomic mass is 35.5. The van der Waals surface area contributed by atoms with Crippen LogP contribution in [0.5, 0.6) is 0 Å². The van der Waals surface area contributed by atoms with Gasteiger partial charge in [0.05, 0.1) is 0 Å². The fourth-order valence-electron chi connectivity index (χ4n) is 1.88. The maximum Gasteiger partial charge on any atom is 0.220 e. The molecule has 6 heteroatoms. The molecule has 0 radical (unpaired) electrons. The van der Waals surface area contributed by atoms with Crippen LogP contribution in [0.15, 0.2) is 18.2 Å². The Hall–Kier alpha value is -1.33. The highest BCUT2D eigenvalue weighted by Gasteiger charge is 2.22. The molecule has 2 rings (SSSR count). The normalized spacial score (nSPS) is 13.8. The molecule has 4 N–H and O–H groups in total. The Kier molecular flexibility index (Phi) is 5.20. The van der Waals surface area contributed by atoms with Gasteiger partial charge in [0.2, 0.25) is 5.91 Å². The van der Waals surface area contributed by atoms with Crippen LogP contribution in [0.3, 0.4) is 0 Å². The Morgan fingerprint density at radius 3 is 2.85 bits per heavy atom. The topological polar surface area (TPSA) is 67.1 Å². The molecule has 108 valence electrons. The van der Waals surface area contributed by atoms with Crippen molar-refractivity contribution in [1.29, 1.82) is 0 Å². The Morgan fingerprint density at radius 2 is 2.20 bits per heavy atom. The van der Waals surface area contributed by atoms with Crippen LogP contribution < -0.4 is 16.4 Å². The summed E-state index contributed by atoms with van der Waals surface area (Å²) in [6, 6.07) is 5.77. The van der Waals surface area contributed by atoms with E-state index < -0.39 is 0 Å². The van der Waals surface area contributed by atoms with Gasteiger partial charge in [0.25, 0.3) is 0 Å². The largest absolute Gasteiger partial charge is 0.389 e. The summed E-state index contributed by atoms with van der Waals surface area (Å²) in [5.74, 6) is 0.120. The van der Waals surface area contributed by atoms with Gasteiger partial charge in [-0.15, -0.1) is 0 Å². The monoisotopic (exact) mass is 311 g/mol. The molecule has 20 heavy (non-hydrogen) atoms. The zero-order valence-corrected chi connectivity index (χ0v) is 12.7. The molecular formula is C14H18ClN3OS. The number of nitrogens with two attached hydrogens (primary N) is 1. The number of rotatable bonds is 7. The fraction of sp³-hybridized carbons (Fsp3) is 0.429. The third-order valence-electron chi connectivity index (χ3n) is 3.09. The molecule has 1 amide bonds. The van der Waals surface area contributed by atoms with Gasteiger partial charge in [-0.2, -0.15) is 0 Å². The number of carbonyl (C=O) groups excluding carboxylic acids is 1. The maximum atomic E-state index is 11.5. The summed E-state index contributed by atoms with van der Waals surface area (Å²) < 4.78 is 0. The lowest BCUT2D eigenvalue weighted by molar-refractivity contribution is -0.121. The van der Waals surface area contributed by atoms with Crippen LogP contribution in [-0.4, -0.2) is 23.5 Å². The van der Waals surface area contributed by atoms with Crippen molar-refractivity contribution in [2.45, 2.75) is 31.7 Å². The van der Waals surface area contributed by atoms with E-state index in [0.717, 1.165) is 30.5 Å². The number of hydrogen-bond acceptors (Lipinski definition) is 3. The number of nitrogens with one attached hydrogen (secondary N) is 2. The smallest absolute Gasteiger partial charge is 0.220 e. The first-order valence-corrected chi connectivity index (χ1v) is 7.47. The van der Waals surface area contributed by atoms with Crippen molar-refractivity contribution in [1.82, 2.24) is 5.32 Å². The molecule has 0 aromatic heterocycles. The maximum absolute atomic E-state index is 11.5. The first-order chi connectivity index (χ1) is 9.56. The molecular weight excluding hydrogens is 294 g/mol. The minimum absolute atomic E-state index is 0.120. The zero-order chi connectivity index (χ0) is 14.5. The van der Waals surface area contributed by atoms with Crippen molar-refractivity contribution >= 4 is 40.4 Å². The molecule has 0 bridgehead atoms. The molecule has 0 spiro atoms. The third kappa shape index (κ3) is 4.65. The molecule has 1 aliphatic rings. The highest BCUT2D eigenvalue weighted by molar-refractivity contribution is 7.80. The first-order valence-electron chi connectivity index (χ1n) is 6.69. The molecule has 1 saturated carbocycles.